The van der Waals surface area contributed by atoms with E-state index >= 15 is 0 Å². The summed E-state index contributed by atoms with van der Waals surface area (Å²) in [6.45, 7) is 0.0559. The molecule has 0 aromatic heterocycles. The average Bonchev–Trinajstić information content (AvgIpc) is 2.85. The number of nitrogens with one attached hydrogen (secondary N) is 1. The van der Waals surface area contributed by atoms with Gasteiger partial charge in [0.25, 0.3) is 0 Å². The summed E-state index contributed by atoms with van der Waals surface area (Å²) in [4.78, 5) is 0. The molecule has 6 N–H and O–H groups in total. The molecule has 5 atom stereocenters. The van der Waals surface area contributed by atoms with E-state index in [1.54, 1.807) is 0 Å². The minimum absolute atomic E-state index is 0.119. The molecule has 6 nitrogen and oxygen atoms in total. The second-order valence-electron chi connectivity index (χ2n) is 7.12. The van der Waals surface area contributed by atoms with Gasteiger partial charge < -0.3 is 30.8 Å². The molecule has 0 aliphatic carbocycles. The van der Waals surface area contributed by atoms with Crippen molar-refractivity contribution in [1.29, 1.82) is 0 Å². The molecule has 24 heavy (non-hydrogen) atoms. The van der Waals surface area contributed by atoms with Gasteiger partial charge in [0.1, 0.15) is 0 Å². The van der Waals surface area contributed by atoms with Crippen LogP contribution in [0.25, 0.3) is 0 Å². The highest BCUT2D eigenvalue weighted by Gasteiger charge is 2.39. The zero-order chi connectivity index (χ0) is 17.8. The normalized spacial score (nSPS) is 28.4. The van der Waals surface area contributed by atoms with Crippen LogP contribution in [-0.4, -0.2) is 69.1 Å². The van der Waals surface area contributed by atoms with Crippen LogP contribution in [0.5, 0.6) is 0 Å². The largest absolute Gasteiger partial charge is 0.396 e. The van der Waals surface area contributed by atoms with Gasteiger partial charge in [-0.1, -0.05) is 38.5 Å². The smallest absolute Gasteiger partial charge is 0.0989 e. The summed E-state index contributed by atoms with van der Waals surface area (Å²) in [7, 11) is 0. The summed E-state index contributed by atoms with van der Waals surface area (Å²) < 4.78 is 0. The fraction of sp³-hybridized carbons (Fsp3) is 1.00. The highest BCUT2D eigenvalue weighted by Crippen LogP contribution is 2.20. The lowest BCUT2D eigenvalue weighted by Gasteiger charge is -2.15. The Hall–Kier alpha value is -0.240. The third-order valence-corrected chi connectivity index (χ3v) is 5.05. The molecule has 0 bridgehead atoms. The van der Waals surface area contributed by atoms with E-state index < -0.39 is 18.2 Å². The topological polar surface area (TPSA) is 113 Å². The zero-order valence-corrected chi connectivity index (χ0v) is 14.8. The SMILES string of the molecule is OCCCCC(O)CCCCCCCCC1NC(CO)C(O)C1O. The molecule has 0 amide bonds. The maximum Gasteiger partial charge on any atom is 0.0989 e. The monoisotopic (exact) mass is 347 g/mol. The molecule has 5 unspecified atom stereocenters. The van der Waals surface area contributed by atoms with Crippen LogP contribution in [0.15, 0.2) is 0 Å². The molecule has 144 valence electrons. The van der Waals surface area contributed by atoms with Crippen LogP contribution in [0.1, 0.15) is 70.6 Å². The lowest BCUT2D eigenvalue weighted by Crippen LogP contribution is -2.36. The predicted molar refractivity (Wildman–Crippen MR) is 93.7 cm³/mol. The average molecular weight is 347 g/mol. The number of unbranched alkanes of at least 4 members (excludes halogenated alkanes) is 6. The van der Waals surface area contributed by atoms with E-state index in [9.17, 15) is 15.3 Å². The Bertz CT molecular complexity index is 305. The van der Waals surface area contributed by atoms with Crippen LogP contribution in [0, 0.1) is 0 Å². The first kappa shape index (κ1) is 21.8. The molecule has 0 aromatic rings. The van der Waals surface area contributed by atoms with Crippen molar-refractivity contribution in [3.63, 3.8) is 0 Å². The number of aliphatic hydroxyl groups excluding tert-OH is 5. The van der Waals surface area contributed by atoms with Crippen molar-refractivity contribution in [2.45, 2.75) is 101 Å². The minimum atomic E-state index is -0.871. The molecule has 1 heterocycles. The van der Waals surface area contributed by atoms with E-state index in [1.807, 2.05) is 0 Å². The van der Waals surface area contributed by atoms with Gasteiger partial charge >= 0.3 is 0 Å². The van der Waals surface area contributed by atoms with Crippen molar-refractivity contribution in [1.82, 2.24) is 5.32 Å². The second kappa shape index (κ2) is 13.0. The Labute approximate surface area is 145 Å². The molecule has 1 aliphatic heterocycles. The van der Waals surface area contributed by atoms with Crippen molar-refractivity contribution in [2.24, 2.45) is 0 Å². The number of aliphatic hydroxyl groups is 5. The zero-order valence-electron chi connectivity index (χ0n) is 14.8. The maximum absolute atomic E-state index is 9.90. The predicted octanol–water partition coefficient (Wildman–Crippen LogP) is 0.685. The molecule has 0 saturated carbocycles. The van der Waals surface area contributed by atoms with E-state index in [1.165, 1.54) is 0 Å². The lowest BCUT2D eigenvalue weighted by atomic mass is 10.0. The van der Waals surface area contributed by atoms with Crippen molar-refractivity contribution < 1.29 is 25.5 Å². The first-order valence-electron chi connectivity index (χ1n) is 9.62. The van der Waals surface area contributed by atoms with E-state index in [2.05, 4.69) is 5.32 Å². The Kier molecular flexibility index (Phi) is 11.8. The van der Waals surface area contributed by atoms with Gasteiger partial charge in [-0.15, -0.1) is 0 Å². The van der Waals surface area contributed by atoms with E-state index in [0.29, 0.717) is 0 Å². The van der Waals surface area contributed by atoms with Crippen LogP contribution in [0.4, 0.5) is 0 Å². The molecule has 1 fully saturated rings. The standard InChI is InChI=1S/C18H37NO5/c20-12-8-7-10-14(22)9-5-3-1-2-4-6-11-15-17(23)18(24)16(13-21)19-15/h14-24H,1-13H2. The first-order valence-corrected chi connectivity index (χ1v) is 9.62. The quantitative estimate of drug-likeness (QED) is 0.258. The third kappa shape index (κ3) is 8.23. The Morgan fingerprint density at radius 3 is 1.83 bits per heavy atom. The Morgan fingerprint density at radius 1 is 0.708 bits per heavy atom. The maximum atomic E-state index is 9.90. The van der Waals surface area contributed by atoms with Gasteiger partial charge in [-0.2, -0.15) is 0 Å². The van der Waals surface area contributed by atoms with Crippen LogP contribution in [-0.2, 0) is 0 Å². The van der Waals surface area contributed by atoms with Crippen LogP contribution >= 0.6 is 0 Å². The Morgan fingerprint density at radius 2 is 1.25 bits per heavy atom. The summed E-state index contributed by atoms with van der Waals surface area (Å²) in [6.07, 6.45) is 8.84. The van der Waals surface area contributed by atoms with E-state index in [-0.39, 0.29) is 25.4 Å². The van der Waals surface area contributed by atoms with Gasteiger partial charge in [-0.05, 0) is 32.1 Å². The molecule has 6 heteroatoms. The third-order valence-electron chi connectivity index (χ3n) is 5.05. The summed E-state index contributed by atoms with van der Waals surface area (Å²) in [5.74, 6) is 0. The van der Waals surface area contributed by atoms with Crippen LogP contribution in [0.3, 0.4) is 0 Å². The molecular weight excluding hydrogens is 310 g/mol. The molecular formula is C18H37NO5. The fourth-order valence-corrected chi connectivity index (χ4v) is 3.45. The number of hydrogen-bond donors (Lipinski definition) is 6. The first-order chi connectivity index (χ1) is 11.6. The van der Waals surface area contributed by atoms with Gasteiger partial charge in [0.15, 0.2) is 0 Å². The molecule has 0 radical (unpaired) electrons. The highest BCUT2D eigenvalue weighted by atomic mass is 16.3. The van der Waals surface area contributed by atoms with Crippen LogP contribution in [0.2, 0.25) is 0 Å². The molecule has 0 aromatic carbocycles. The highest BCUT2D eigenvalue weighted by molar-refractivity contribution is 4.97. The van der Waals surface area contributed by atoms with Crippen molar-refractivity contribution >= 4 is 0 Å². The molecule has 0 spiro atoms. The van der Waals surface area contributed by atoms with Gasteiger partial charge in [-0.3, -0.25) is 0 Å². The molecule has 1 saturated heterocycles. The van der Waals surface area contributed by atoms with Crippen molar-refractivity contribution in [3.8, 4) is 0 Å². The van der Waals surface area contributed by atoms with E-state index in [4.69, 9.17) is 10.2 Å². The second-order valence-corrected chi connectivity index (χ2v) is 7.12. The van der Waals surface area contributed by atoms with Gasteiger partial charge in [-0.25, -0.2) is 0 Å². The summed E-state index contributed by atoms with van der Waals surface area (Å²) in [5, 5.41) is 50.3. The lowest BCUT2D eigenvalue weighted by molar-refractivity contribution is 0.0186. The summed E-state index contributed by atoms with van der Waals surface area (Å²) >= 11 is 0. The van der Waals surface area contributed by atoms with Crippen LogP contribution < -0.4 is 5.32 Å². The number of hydrogen-bond acceptors (Lipinski definition) is 6. The summed E-state index contributed by atoms with van der Waals surface area (Å²) in [5.41, 5.74) is 0. The summed E-state index contributed by atoms with van der Waals surface area (Å²) in [6, 6.07) is -0.528. The van der Waals surface area contributed by atoms with Crippen molar-refractivity contribution in [3.05, 3.63) is 0 Å². The minimum Gasteiger partial charge on any atom is -0.396 e. The van der Waals surface area contributed by atoms with Gasteiger partial charge in [0, 0.05) is 12.6 Å². The van der Waals surface area contributed by atoms with Gasteiger partial charge in [0.2, 0.25) is 0 Å². The van der Waals surface area contributed by atoms with Crippen molar-refractivity contribution in [2.75, 3.05) is 13.2 Å². The Balaban J connectivity index is 1.92. The van der Waals surface area contributed by atoms with E-state index in [0.717, 1.165) is 70.6 Å². The number of rotatable bonds is 14. The molecule has 1 rings (SSSR count). The fourth-order valence-electron chi connectivity index (χ4n) is 3.45. The van der Waals surface area contributed by atoms with Gasteiger partial charge in [0.05, 0.1) is 31.0 Å². The molecule has 1 aliphatic rings.